The Balaban J connectivity index is 2.30. The molecule has 2 aromatic carbocycles. The number of aromatic nitrogens is 2. The number of alkyl halides is 3. The molecule has 0 saturated heterocycles. The average molecular weight is 387 g/mol. The van der Waals surface area contributed by atoms with Crippen LogP contribution in [-0.2, 0) is 16.2 Å². The Hall–Kier alpha value is -2.65. The molecule has 0 fully saturated rings. The summed E-state index contributed by atoms with van der Waals surface area (Å²) in [5.41, 5.74) is -2.20. The standard InChI is InChI=1S/C17H14F3N3O2S/c1-11-2-4-12(5-3-11)15-10-16(17(18,19)20)22-23(15)13-6-8-14(9-7-13)26(21,24)25/h2-10H,1H3,(H2,21,24,25)/i2D,3D,4D,5D/hD2. The highest BCUT2D eigenvalue weighted by molar-refractivity contribution is 7.89. The number of hydrogen-bond donors (Lipinski definition) is 1. The molecule has 3 aromatic rings. The summed E-state index contributed by atoms with van der Waals surface area (Å²) >= 11 is 0. The minimum absolute atomic E-state index is 0.0239. The lowest BCUT2D eigenvalue weighted by Gasteiger charge is -2.09. The number of sulfonamides is 1. The van der Waals surface area contributed by atoms with Crippen LogP contribution in [0.1, 0.15) is 16.7 Å². The molecule has 0 saturated carbocycles. The molecule has 0 unspecified atom stereocenters. The summed E-state index contributed by atoms with van der Waals surface area (Å²) in [6.07, 6.45) is -4.89. The highest BCUT2D eigenvalue weighted by Gasteiger charge is 2.35. The van der Waals surface area contributed by atoms with Crippen LogP contribution in [0, 0.1) is 6.92 Å². The second kappa shape index (κ2) is 6.26. The van der Waals surface area contributed by atoms with E-state index in [2.05, 4.69) is 5.10 Å². The first-order chi connectivity index (χ1) is 14.7. The Bertz CT molecular complexity index is 1280. The molecule has 26 heavy (non-hydrogen) atoms. The van der Waals surface area contributed by atoms with Crippen LogP contribution in [0.15, 0.2) is 59.4 Å². The van der Waals surface area contributed by atoms with E-state index in [9.17, 15) is 21.6 Å². The van der Waals surface area contributed by atoms with Gasteiger partial charge in [0.05, 0.1) is 21.8 Å². The Morgan fingerprint density at radius 1 is 1.15 bits per heavy atom. The lowest BCUT2D eigenvalue weighted by Crippen LogP contribution is -2.12. The molecule has 5 nitrogen and oxygen atoms in total. The third-order valence-corrected chi connectivity index (χ3v) is 4.25. The maximum absolute atomic E-state index is 13.4. The third-order valence-electron chi connectivity index (χ3n) is 3.39. The SMILES string of the molecule is [2H]c1c([2H])c(-c2cc(C(F)(F)F)nn2-c2ccc(S(=O)(=O)N([2H])[2H])cc2)c([2H])c([2H])c1C. The van der Waals surface area contributed by atoms with Crippen molar-refractivity contribution in [1.29, 1.82) is 0 Å². The lowest BCUT2D eigenvalue weighted by molar-refractivity contribution is -0.141. The molecule has 0 aliphatic rings. The summed E-state index contributed by atoms with van der Waals surface area (Å²) < 4.78 is 111. The largest absolute Gasteiger partial charge is 0.435 e. The number of benzene rings is 2. The molecule has 136 valence electrons. The fraction of sp³-hybridized carbons (Fsp3) is 0.118. The van der Waals surface area contributed by atoms with Crippen LogP contribution in [0.2, 0.25) is 2.82 Å². The predicted molar refractivity (Wildman–Crippen MR) is 90.1 cm³/mol. The van der Waals surface area contributed by atoms with Gasteiger partial charge in [0.2, 0.25) is 10.0 Å². The molecule has 2 N–H and O–H groups in total. The minimum atomic E-state index is -4.89. The highest BCUT2D eigenvalue weighted by Crippen LogP contribution is 2.33. The van der Waals surface area contributed by atoms with Crippen LogP contribution in [-0.4, -0.2) is 18.2 Å². The van der Waals surface area contributed by atoms with E-state index in [4.69, 9.17) is 8.31 Å². The van der Waals surface area contributed by atoms with Gasteiger partial charge in [-0.15, -0.1) is 0 Å². The first-order valence-corrected chi connectivity index (χ1v) is 8.50. The zero-order valence-electron chi connectivity index (χ0n) is 19.1. The van der Waals surface area contributed by atoms with E-state index in [1.807, 2.05) is 0 Å². The quantitative estimate of drug-likeness (QED) is 0.744. The van der Waals surface area contributed by atoms with Crippen molar-refractivity contribution in [2.24, 2.45) is 5.13 Å². The summed E-state index contributed by atoms with van der Waals surface area (Å²) in [6.45, 7) is 1.35. The van der Waals surface area contributed by atoms with Gasteiger partial charge in [0.1, 0.15) is 2.82 Å². The summed E-state index contributed by atoms with van der Waals surface area (Å²) in [4.78, 5) is -0.462. The first kappa shape index (κ1) is 11.9. The van der Waals surface area contributed by atoms with Gasteiger partial charge in [0.25, 0.3) is 0 Å². The van der Waals surface area contributed by atoms with Gasteiger partial charge in [-0.25, -0.2) is 18.2 Å². The van der Waals surface area contributed by atoms with Crippen LogP contribution < -0.4 is 5.13 Å². The predicted octanol–water partition coefficient (Wildman–Crippen LogP) is 3.51. The van der Waals surface area contributed by atoms with Crippen molar-refractivity contribution < 1.29 is 29.9 Å². The summed E-state index contributed by atoms with van der Waals surface area (Å²) in [5, 5.41) is 2.97. The van der Waals surface area contributed by atoms with E-state index in [0.29, 0.717) is 6.07 Å². The van der Waals surface area contributed by atoms with Crippen LogP contribution in [0.4, 0.5) is 13.2 Å². The second-order valence-electron chi connectivity index (χ2n) is 5.29. The van der Waals surface area contributed by atoms with Gasteiger partial charge in [0.15, 0.2) is 5.69 Å². The number of hydrogen-bond acceptors (Lipinski definition) is 3. The molecule has 1 heterocycles. The Morgan fingerprint density at radius 3 is 2.31 bits per heavy atom. The van der Waals surface area contributed by atoms with Crippen LogP contribution in [0.5, 0.6) is 0 Å². The smallest absolute Gasteiger partial charge is 0.233 e. The molecule has 9 heteroatoms. The Kier molecular flexibility index (Phi) is 2.86. The minimum Gasteiger partial charge on any atom is -0.233 e. The van der Waals surface area contributed by atoms with E-state index in [0.717, 1.165) is 28.9 Å². The zero-order valence-corrected chi connectivity index (χ0v) is 13.9. The van der Waals surface area contributed by atoms with Gasteiger partial charge in [-0.2, -0.15) is 18.3 Å². The summed E-state index contributed by atoms with van der Waals surface area (Å²) in [6, 6.07) is 2.71. The molecule has 3 rings (SSSR count). The lowest BCUT2D eigenvalue weighted by atomic mass is 10.1. The molecule has 0 atom stereocenters. The molecule has 0 aliphatic carbocycles. The summed E-state index contributed by atoms with van der Waals surface area (Å²) in [7, 11) is -4.44. The van der Waals surface area contributed by atoms with E-state index in [1.54, 1.807) is 0 Å². The van der Waals surface area contributed by atoms with Gasteiger partial charge >= 0.3 is 6.18 Å². The van der Waals surface area contributed by atoms with Gasteiger partial charge in [-0.3, -0.25) is 0 Å². The van der Waals surface area contributed by atoms with Gasteiger partial charge < -0.3 is 0 Å². The van der Waals surface area contributed by atoms with Crippen molar-refractivity contribution in [3.05, 3.63) is 65.8 Å². The topological polar surface area (TPSA) is 78.0 Å². The zero-order chi connectivity index (χ0) is 24.2. The van der Waals surface area contributed by atoms with Gasteiger partial charge in [0, 0.05) is 5.56 Å². The van der Waals surface area contributed by atoms with Crippen molar-refractivity contribution in [2.45, 2.75) is 18.0 Å². The van der Waals surface area contributed by atoms with Crippen LogP contribution >= 0.6 is 0 Å². The van der Waals surface area contributed by atoms with Crippen LogP contribution in [0.3, 0.4) is 0 Å². The monoisotopic (exact) mass is 387 g/mol. The van der Waals surface area contributed by atoms with Crippen molar-refractivity contribution in [1.82, 2.24) is 9.78 Å². The van der Waals surface area contributed by atoms with Crippen LogP contribution in [0.25, 0.3) is 16.9 Å². The van der Waals surface area contributed by atoms with Gasteiger partial charge in [-0.05, 0) is 37.3 Å². The van der Waals surface area contributed by atoms with Crippen molar-refractivity contribution in [3.8, 4) is 16.9 Å². The fourth-order valence-electron chi connectivity index (χ4n) is 2.16. The van der Waals surface area contributed by atoms with Crippen molar-refractivity contribution in [3.63, 3.8) is 0 Å². The molecule has 0 radical (unpaired) electrons. The number of halogens is 3. The van der Waals surface area contributed by atoms with Crippen molar-refractivity contribution in [2.75, 3.05) is 0 Å². The normalized spacial score (nSPS) is 15.7. The number of nitrogens with two attached hydrogens (primary N) is 1. The van der Waals surface area contributed by atoms with E-state index in [-0.39, 0.29) is 16.9 Å². The molecule has 0 aliphatic heterocycles. The molecular weight excluding hydrogens is 367 g/mol. The van der Waals surface area contributed by atoms with E-state index in [1.165, 1.54) is 6.92 Å². The summed E-state index contributed by atoms with van der Waals surface area (Å²) in [5.74, 6) is 0. The van der Waals surface area contributed by atoms with E-state index < -0.39 is 61.6 Å². The maximum Gasteiger partial charge on any atom is 0.435 e. The number of nitrogens with zero attached hydrogens (tertiary/aromatic N) is 2. The first-order valence-electron chi connectivity index (χ1n) is 9.95. The maximum atomic E-state index is 13.4. The molecular formula is C17H14F3N3O2S. The third kappa shape index (κ3) is 3.63. The molecule has 0 amide bonds. The van der Waals surface area contributed by atoms with Gasteiger partial charge in [-0.1, -0.05) is 29.7 Å². The molecule has 0 bridgehead atoms. The second-order valence-corrected chi connectivity index (χ2v) is 6.71. The average Bonchev–Trinajstić information content (AvgIpc) is 3.16. The van der Waals surface area contributed by atoms with E-state index >= 15 is 0 Å². The fourth-order valence-corrected chi connectivity index (χ4v) is 2.64. The highest BCUT2D eigenvalue weighted by atomic mass is 32.2. The number of rotatable bonds is 4. The Morgan fingerprint density at radius 2 is 1.77 bits per heavy atom. The number of primary sulfonamides is 1. The van der Waals surface area contributed by atoms with Crippen molar-refractivity contribution >= 4 is 10.0 Å². The Labute approximate surface area is 156 Å². The molecule has 0 spiro atoms. The molecule has 1 aromatic heterocycles.